The number of carbonyl (C=O) groups excluding carboxylic acids is 2. The summed E-state index contributed by atoms with van der Waals surface area (Å²) >= 11 is 0. The summed E-state index contributed by atoms with van der Waals surface area (Å²) in [5.41, 5.74) is 0.582. The molecule has 6 nitrogen and oxygen atoms in total. The van der Waals surface area contributed by atoms with Crippen molar-refractivity contribution in [3.63, 3.8) is 0 Å². The maximum atomic E-state index is 12.8. The van der Waals surface area contributed by atoms with E-state index in [0.717, 1.165) is 45.4 Å². The number of ether oxygens (including phenoxy) is 1. The molecule has 3 heterocycles. The third kappa shape index (κ3) is 4.67. The van der Waals surface area contributed by atoms with E-state index in [-0.39, 0.29) is 23.8 Å². The number of carbonyl (C=O) groups is 2. The first kappa shape index (κ1) is 19.0. The summed E-state index contributed by atoms with van der Waals surface area (Å²) in [7, 11) is 0. The number of hydrogen-bond acceptors (Lipinski definition) is 4. The lowest BCUT2D eigenvalue weighted by Crippen LogP contribution is -2.47. The first-order valence-corrected chi connectivity index (χ1v) is 9.76. The Bertz CT molecular complexity index is 583. The second-order valence-electron chi connectivity index (χ2n) is 7.83. The maximum absolute atomic E-state index is 12.8. The lowest BCUT2D eigenvalue weighted by molar-refractivity contribution is -0.139. The fraction of sp³-hybridized carbons (Fsp3) is 0.700. The standard InChI is InChI=1S/C20H30N2O4/c1-15(2)13-26-18-5-10-22(11-6-18)19(23)16-3-8-21(9-4-16)20(24)17-7-12-25-14-17/h7,12,14-16,18H,3-6,8-11,13H2,1-2H3. The van der Waals surface area contributed by atoms with Gasteiger partial charge in [0.25, 0.3) is 5.91 Å². The molecule has 144 valence electrons. The SMILES string of the molecule is CC(C)COC1CCN(C(=O)C2CCN(C(=O)c3ccoc3)CC2)CC1. The second-order valence-corrected chi connectivity index (χ2v) is 7.83. The molecule has 26 heavy (non-hydrogen) atoms. The van der Waals surface area contributed by atoms with E-state index in [1.54, 1.807) is 6.07 Å². The van der Waals surface area contributed by atoms with Crippen molar-refractivity contribution in [1.82, 2.24) is 9.80 Å². The van der Waals surface area contributed by atoms with E-state index in [4.69, 9.17) is 9.15 Å². The molecular formula is C20H30N2O4. The minimum atomic E-state index is -0.00670. The number of hydrogen-bond donors (Lipinski definition) is 0. The van der Waals surface area contributed by atoms with E-state index in [1.165, 1.54) is 12.5 Å². The van der Waals surface area contributed by atoms with Gasteiger partial charge in [-0.1, -0.05) is 13.8 Å². The van der Waals surface area contributed by atoms with E-state index in [0.29, 0.717) is 24.6 Å². The number of rotatable bonds is 5. The number of amides is 2. The fourth-order valence-electron chi connectivity index (χ4n) is 3.73. The average molecular weight is 362 g/mol. The van der Waals surface area contributed by atoms with Crippen molar-refractivity contribution in [2.45, 2.75) is 45.6 Å². The van der Waals surface area contributed by atoms with Gasteiger partial charge < -0.3 is 19.0 Å². The van der Waals surface area contributed by atoms with Crippen LogP contribution < -0.4 is 0 Å². The number of furan rings is 1. The van der Waals surface area contributed by atoms with Crippen LogP contribution in [0.25, 0.3) is 0 Å². The molecule has 2 fully saturated rings. The van der Waals surface area contributed by atoms with Crippen molar-refractivity contribution in [3.8, 4) is 0 Å². The van der Waals surface area contributed by atoms with Gasteiger partial charge in [-0.2, -0.15) is 0 Å². The highest BCUT2D eigenvalue weighted by atomic mass is 16.5. The van der Waals surface area contributed by atoms with Gasteiger partial charge in [0, 0.05) is 38.7 Å². The smallest absolute Gasteiger partial charge is 0.257 e. The van der Waals surface area contributed by atoms with Gasteiger partial charge in [-0.05, 0) is 37.7 Å². The summed E-state index contributed by atoms with van der Waals surface area (Å²) in [5, 5.41) is 0. The summed E-state index contributed by atoms with van der Waals surface area (Å²) in [5.74, 6) is 0.830. The van der Waals surface area contributed by atoms with E-state index < -0.39 is 0 Å². The van der Waals surface area contributed by atoms with Crippen LogP contribution in [0, 0.1) is 11.8 Å². The first-order valence-electron chi connectivity index (χ1n) is 9.76. The van der Waals surface area contributed by atoms with Crippen molar-refractivity contribution < 1.29 is 18.7 Å². The van der Waals surface area contributed by atoms with Crippen LogP contribution >= 0.6 is 0 Å². The third-order valence-electron chi connectivity index (χ3n) is 5.32. The molecule has 0 bridgehead atoms. The highest BCUT2D eigenvalue weighted by molar-refractivity contribution is 5.94. The molecule has 2 saturated heterocycles. The van der Waals surface area contributed by atoms with Crippen LogP contribution in [0.15, 0.2) is 23.0 Å². The lowest BCUT2D eigenvalue weighted by Gasteiger charge is -2.37. The maximum Gasteiger partial charge on any atom is 0.257 e. The van der Waals surface area contributed by atoms with Gasteiger partial charge >= 0.3 is 0 Å². The molecule has 0 radical (unpaired) electrons. The van der Waals surface area contributed by atoms with Gasteiger partial charge in [0.15, 0.2) is 0 Å². The molecule has 0 unspecified atom stereocenters. The molecule has 6 heteroatoms. The van der Waals surface area contributed by atoms with Crippen LogP contribution in [-0.2, 0) is 9.53 Å². The minimum absolute atomic E-state index is 0.00670. The van der Waals surface area contributed by atoms with Crippen LogP contribution in [0.4, 0.5) is 0 Å². The Labute approximate surface area is 155 Å². The third-order valence-corrected chi connectivity index (χ3v) is 5.32. The first-order chi connectivity index (χ1) is 12.5. The van der Waals surface area contributed by atoms with Gasteiger partial charge in [-0.25, -0.2) is 0 Å². The zero-order valence-electron chi connectivity index (χ0n) is 15.9. The van der Waals surface area contributed by atoms with Gasteiger partial charge in [0.1, 0.15) is 6.26 Å². The second kappa shape index (κ2) is 8.71. The number of piperidine rings is 2. The highest BCUT2D eigenvalue weighted by Crippen LogP contribution is 2.24. The Morgan fingerprint density at radius 1 is 1.12 bits per heavy atom. The van der Waals surface area contributed by atoms with Crippen molar-refractivity contribution in [2.24, 2.45) is 11.8 Å². The molecule has 0 aromatic carbocycles. The highest BCUT2D eigenvalue weighted by Gasteiger charge is 2.32. The molecule has 2 aliphatic heterocycles. The lowest BCUT2D eigenvalue weighted by atomic mass is 9.93. The Hall–Kier alpha value is -1.82. The molecule has 1 aromatic rings. The van der Waals surface area contributed by atoms with Crippen LogP contribution in [0.2, 0.25) is 0 Å². The normalized spacial score (nSPS) is 20.0. The van der Waals surface area contributed by atoms with Gasteiger partial charge in [0.05, 0.1) is 17.9 Å². The molecule has 0 spiro atoms. The summed E-state index contributed by atoms with van der Waals surface area (Å²) in [4.78, 5) is 29.0. The van der Waals surface area contributed by atoms with E-state index in [9.17, 15) is 9.59 Å². The summed E-state index contributed by atoms with van der Waals surface area (Å²) in [6.07, 6.45) is 6.62. The molecule has 0 N–H and O–H groups in total. The topological polar surface area (TPSA) is 63.0 Å². The van der Waals surface area contributed by atoms with Gasteiger partial charge in [0.2, 0.25) is 5.91 Å². The average Bonchev–Trinajstić information content (AvgIpc) is 3.20. The van der Waals surface area contributed by atoms with E-state index in [1.807, 2.05) is 9.80 Å². The van der Waals surface area contributed by atoms with Crippen LogP contribution in [0.5, 0.6) is 0 Å². The monoisotopic (exact) mass is 362 g/mol. The van der Waals surface area contributed by atoms with Crippen molar-refractivity contribution >= 4 is 11.8 Å². The Balaban J connectivity index is 1.42. The molecule has 2 aliphatic rings. The number of likely N-dealkylation sites (tertiary alicyclic amines) is 2. The molecule has 1 aromatic heterocycles. The van der Waals surface area contributed by atoms with Gasteiger partial charge in [-0.3, -0.25) is 9.59 Å². The van der Waals surface area contributed by atoms with Crippen LogP contribution in [0.3, 0.4) is 0 Å². The molecule has 0 atom stereocenters. The summed E-state index contributed by atoms with van der Waals surface area (Å²) in [6, 6.07) is 1.69. The molecule has 0 aliphatic carbocycles. The largest absolute Gasteiger partial charge is 0.472 e. The van der Waals surface area contributed by atoms with E-state index >= 15 is 0 Å². The van der Waals surface area contributed by atoms with Crippen LogP contribution in [0.1, 0.15) is 49.9 Å². The molecule has 2 amide bonds. The fourth-order valence-corrected chi connectivity index (χ4v) is 3.73. The van der Waals surface area contributed by atoms with Crippen molar-refractivity contribution in [1.29, 1.82) is 0 Å². The van der Waals surface area contributed by atoms with E-state index in [2.05, 4.69) is 13.8 Å². The molecular weight excluding hydrogens is 332 g/mol. The van der Waals surface area contributed by atoms with Crippen molar-refractivity contribution in [3.05, 3.63) is 24.2 Å². The zero-order chi connectivity index (χ0) is 18.5. The van der Waals surface area contributed by atoms with Crippen molar-refractivity contribution in [2.75, 3.05) is 32.8 Å². The quantitative estimate of drug-likeness (QED) is 0.808. The predicted molar refractivity (Wildman–Crippen MR) is 97.7 cm³/mol. The molecule has 3 rings (SSSR count). The Morgan fingerprint density at radius 3 is 2.35 bits per heavy atom. The van der Waals surface area contributed by atoms with Crippen LogP contribution in [-0.4, -0.2) is 60.5 Å². The Morgan fingerprint density at radius 2 is 1.77 bits per heavy atom. The zero-order valence-corrected chi connectivity index (χ0v) is 15.9. The number of nitrogens with zero attached hydrogens (tertiary/aromatic N) is 2. The summed E-state index contributed by atoms with van der Waals surface area (Å²) < 4.78 is 10.9. The minimum Gasteiger partial charge on any atom is -0.472 e. The summed E-state index contributed by atoms with van der Waals surface area (Å²) in [6.45, 7) is 7.95. The van der Waals surface area contributed by atoms with Gasteiger partial charge in [-0.15, -0.1) is 0 Å². The Kier molecular flexibility index (Phi) is 6.35. The molecule has 0 saturated carbocycles. The predicted octanol–water partition coefficient (Wildman–Crippen LogP) is 2.80.